The lowest BCUT2D eigenvalue weighted by atomic mass is 9.53. The third-order valence-corrected chi connectivity index (χ3v) is 6.30. The second-order valence-corrected chi connectivity index (χ2v) is 8.17. The highest BCUT2D eigenvalue weighted by Gasteiger charge is 2.50. The minimum absolute atomic E-state index is 0.528. The predicted molar refractivity (Wildman–Crippen MR) is 90.9 cm³/mol. The Labute approximate surface area is 134 Å². The van der Waals surface area contributed by atoms with Crippen molar-refractivity contribution in [2.45, 2.75) is 56.9 Å². The van der Waals surface area contributed by atoms with Crippen molar-refractivity contribution >= 4 is 0 Å². The summed E-state index contributed by atoms with van der Waals surface area (Å²) in [6.45, 7) is 3.39. The first-order chi connectivity index (χ1) is 10.8. The summed E-state index contributed by atoms with van der Waals surface area (Å²) in [5.74, 6) is 3.15. The fourth-order valence-corrected chi connectivity index (χ4v) is 5.80. The van der Waals surface area contributed by atoms with Crippen molar-refractivity contribution in [3.63, 3.8) is 0 Å². The average molecular weight is 301 g/mol. The van der Waals surface area contributed by atoms with Crippen LogP contribution in [-0.4, -0.2) is 30.2 Å². The lowest BCUT2D eigenvalue weighted by Crippen LogP contribution is -2.59. The van der Waals surface area contributed by atoms with E-state index >= 15 is 0 Å². The van der Waals surface area contributed by atoms with E-state index in [4.69, 9.17) is 0 Å². The molecule has 1 heterocycles. The van der Waals surface area contributed by atoms with Gasteiger partial charge in [-0.25, -0.2) is 0 Å². The van der Waals surface area contributed by atoms with Gasteiger partial charge < -0.3 is 15.6 Å². The van der Waals surface area contributed by atoms with E-state index in [1.54, 1.807) is 0 Å². The molecule has 0 spiro atoms. The molecule has 4 fully saturated rings. The summed E-state index contributed by atoms with van der Waals surface area (Å²) in [5.41, 5.74) is 1.88. The maximum atomic E-state index is 3.96. The molecule has 3 nitrogen and oxygen atoms in total. The molecule has 0 aliphatic heterocycles. The number of hydrogen-bond acceptors (Lipinski definition) is 2. The van der Waals surface area contributed by atoms with E-state index in [9.17, 15) is 0 Å². The molecule has 0 atom stereocenters. The zero-order chi connectivity index (χ0) is 14.8. The second kappa shape index (κ2) is 6.37. The molecule has 3 N–H and O–H groups in total. The lowest BCUT2D eigenvalue weighted by Gasteiger charge is -2.57. The smallest absolute Gasteiger partial charge is 0.0190 e. The zero-order valence-electron chi connectivity index (χ0n) is 13.7. The fraction of sp³-hybridized carbons (Fsp3) is 0.789. The molecule has 4 aliphatic carbocycles. The molecule has 4 saturated carbocycles. The Morgan fingerprint density at radius 1 is 1.00 bits per heavy atom. The second-order valence-electron chi connectivity index (χ2n) is 8.17. The van der Waals surface area contributed by atoms with E-state index < -0.39 is 0 Å². The van der Waals surface area contributed by atoms with Gasteiger partial charge >= 0.3 is 0 Å². The Morgan fingerprint density at radius 2 is 1.73 bits per heavy atom. The Bertz CT molecular complexity index is 430. The molecule has 4 aliphatic rings. The summed E-state index contributed by atoms with van der Waals surface area (Å²) in [5, 5.41) is 7.57. The highest BCUT2D eigenvalue weighted by Crippen LogP contribution is 2.55. The van der Waals surface area contributed by atoms with E-state index in [1.807, 2.05) is 6.20 Å². The normalized spacial score (nSPS) is 36.1. The van der Waals surface area contributed by atoms with E-state index in [0.717, 1.165) is 43.8 Å². The van der Waals surface area contributed by atoms with Crippen molar-refractivity contribution in [3.05, 3.63) is 24.0 Å². The Morgan fingerprint density at radius 3 is 2.36 bits per heavy atom. The van der Waals surface area contributed by atoms with Crippen LogP contribution in [0.25, 0.3) is 0 Å². The Hall–Kier alpha value is -0.800. The molecule has 0 amide bonds. The predicted octanol–water partition coefficient (Wildman–Crippen LogP) is 3.10. The molecule has 5 rings (SSSR count). The molecule has 3 heteroatoms. The topological polar surface area (TPSA) is 39.9 Å². The van der Waals surface area contributed by atoms with Crippen molar-refractivity contribution in [2.75, 3.05) is 19.6 Å². The largest absolute Gasteiger partial charge is 0.365 e. The third-order valence-electron chi connectivity index (χ3n) is 6.30. The number of hydrogen-bond donors (Lipinski definition) is 3. The van der Waals surface area contributed by atoms with Crippen LogP contribution in [0.15, 0.2) is 18.3 Å². The van der Waals surface area contributed by atoms with Crippen LogP contribution in [0.3, 0.4) is 0 Å². The molecule has 4 bridgehead atoms. The fourth-order valence-electron chi connectivity index (χ4n) is 5.80. The van der Waals surface area contributed by atoms with Gasteiger partial charge in [0.1, 0.15) is 0 Å². The van der Waals surface area contributed by atoms with E-state index in [1.165, 1.54) is 50.6 Å². The molecule has 0 radical (unpaired) electrons. The summed E-state index contributed by atoms with van der Waals surface area (Å²) < 4.78 is 0. The molecule has 1 aromatic rings. The minimum atomic E-state index is 0.528. The van der Waals surface area contributed by atoms with Gasteiger partial charge in [-0.1, -0.05) is 0 Å². The number of nitrogens with one attached hydrogen (secondary N) is 3. The van der Waals surface area contributed by atoms with Gasteiger partial charge in [-0.05, 0) is 87.8 Å². The SMILES string of the molecule is c1c[nH]c(CCCNCCNC23CC4CC(CC(C4)C2)C3)c1. The van der Waals surface area contributed by atoms with Crippen LogP contribution >= 0.6 is 0 Å². The third kappa shape index (κ3) is 3.26. The first kappa shape index (κ1) is 14.8. The van der Waals surface area contributed by atoms with Gasteiger partial charge in [-0.2, -0.15) is 0 Å². The molecule has 0 unspecified atom stereocenters. The highest BCUT2D eigenvalue weighted by molar-refractivity contribution is 5.06. The van der Waals surface area contributed by atoms with Gasteiger partial charge in [-0.3, -0.25) is 0 Å². The number of aromatic nitrogens is 1. The molecule has 122 valence electrons. The highest BCUT2D eigenvalue weighted by atomic mass is 15.0. The molecular weight excluding hydrogens is 270 g/mol. The molecule has 0 aromatic carbocycles. The summed E-state index contributed by atoms with van der Waals surface area (Å²) in [4.78, 5) is 3.27. The van der Waals surface area contributed by atoms with Crippen LogP contribution in [0.4, 0.5) is 0 Å². The van der Waals surface area contributed by atoms with Crippen LogP contribution in [0.2, 0.25) is 0 Å². The van der Waals surface area contributed by atoms with Crippen LogP contribution in [0.5, 0.6) is 0 Å². The van der Waals surface area contributed by atoms with Crippen LogP contribution in [-0.2, 0) is 6.42 Å². The first-order valence-electron chi connectivity index (χ1n) is 9.39. The maximum absolute atomic E-state index is 3.96. The summed E-state index contributed by atoms with van der Waals surface area (Å²) >= 11 is 0. The van der Waals surface area contributed by atoms with Crippen molar-refractivity contribution < 1.29 is 0 Å². The Balaban J connectivity index is 1.12. The van der Waals surface area contributed by atoms with Gasteiger partial charge in [0.25, 0.3) is 0 Å². The van der Waals surface area contributed by atoms with E-state index in [0.29, 0.717) is 5.54 Å². The first-order valence-corrected chi connectivity index (χ1v) is 9.39. The summed E-state index contributed by atoms with van der Waals surface area (Å²) in [6.07, 6.45) is 13.4. The van der Waals surface area contributed by atoms with Crippen molar-refractivity contribution in [2.24, 2.45) is 17.8 Å². The summed E-state index contributed by atoms with van der Waals surface area (Å²) in [7, 11) is 0. The lowest BCUT2D eigenvalue weighted by molar-refractivity contribution is -0.0192. The monoisotopic (exact) mass is 301 g/mol. The minimum Gasteiger partial charge on any atom is -0.365 e. The quantitative estimate of drug-likeness (QED) is 0.646. The summed E-state index contributed by atoms with van der Waals surface area (Å²) in [6, 6.07) is 4.26. The maximum Gasteiger partial charge on any atom is 0.0190 e. The van der Waals surface area contributed by atoms with Crippen molar-refractivity contribution in [3.8, 4) is 0 Å². The van der Waals surface area contributed by atoms with Gasteiger partial charge in [0.05, 0.1) is 0 Å². The molecule has 0 saturated heterocycles. The van der Waals surface area contributed by atoms with Gasteiger partial charge in [-0.15, -0.1) is 0 Å². The van der Waals surface area contributed by atoms with Gasteiger partial charge in [0, 0.05) is 30.5 Å². The molecule has 1 aromatic heterocycles. The van der Waals surface area contributed by atoms with Crippen LogP contribution < -0.4 is 10.6 Å². The average Bonchev–Trinajstić information content (AvgIpc) is 2.98. The van der Waals surface area contributed by atoms with Crippen molar-refractivity contribution in [1.82, 2.24) is 15.6 Å². The van der Waals surface area contributed by atoms with Gasteiger partial charge in [0.2, 0.25) is 0 Å². The molecular formula is C19H31N3. The number of aryl methyl sites for hydroxylation is 1. The van der Waals surface area contributed by atoms with E-state index in [2.05, 4.69) is 27.8 Å². The number of aromatic amines is 1. The Kier molecular flexibility index (Phi) is 4.27. The van der Waals surface area contributed by atoms with Crippen molar-refractivity contribution in [1.29, 1.82) is 0 Å². The van der Waals surface area contributed by atoms with Crippen LogP contribution in [0.1, 0.15) is 50.6 Å². The zero-order valence-corrected chi connectivity index (χ0v) is 13.7. The van der Waals surface area contributed by atoms with Gasteiger partial charge in [0.15, 0.2) is 0 Å². The standard InChI is InChI=1S/C19H31N3/c1(3-18-4-2-6-21-18)5-20-7-8-22-19-12-15-9-16(13-19)11-17(10-15)14-19/h2,4,6,15-17,20-22H,1,3,5,7-14H2. The molecule has 22 heavy (non-hydrogen) atoms. The number of rotatable bonds is 8. The number of H-pyrrole nitrogens is 1. The van der Waals surface area contributed by atoms with Crippen LogP contribution in [0, 0.1) is 17.8 Å². The van der Waals surface area contributed by atoms with E-state index in [-0.39, 0.29) is 0 Å².